The summed E-state index contributed by atoms with van der Waals surface area (Å²) < 4.78 is 13.9. The topological polar surface area (TPSA) is 6.48 Å². The summed E-state index contributed by atoms with van der Waals surface area (Å²) >= 11 is 0. The zero-order valence-electron chi connectivity index (χ0n) is 11.7. The zero-order valence-corrected chi connectivity index (χ0v) is 11.7. The number of fused-ring (bicyclic) bond motifs is 1. The van der Waals surface area contributed by atoms with Gasteiger partial charge in [-0.05, 0) is 45.3 Å². The van der Waals surface area contributed by atoms with Crippen LogP contribution in [0.25, 0.3) is 0 Å². The maximum Gasteiger partial charge on any atom is 0.127 e. The summed E-state index contributed by atoms with van der Waals surface area (Å²) in [6.45, 7) is 6.79. The highest BCUT2D eigenvalue weighted by atomic mass is 19.1. The van der Waals surface area contributed by atoms with Crippen molar-refractivity contribution < 1.29 is 4.39 Å². The quantitative estimate of drug-likeness (QED) is 0.808. The Balaban J connectivity index is 1.76. The fourth-order valence-corrected chi connectivity index (χ4v) is 3.60. The van der Waals surface area contributed by atoms with Gasteiger partial charge in [0.15, 0.2) is 0 Å². The third-order valence-corrected chi connectivity index (χ3v) is 4.74. The van der Waals surface area contributed by atoms with E-state index in [1.165, 1.54) is 32.4 Å². The van der Waals surface area contributed by atoms with Crippen LogP contribution < -0.4 is 0 Å². The predicted molar refractivity (Wildman–Crippen MR) is 75.6 cm³/mol. The Morgan fingerprint density at radius 1 is 1.16 bits per heavy atom. The molecule has 3 rings (SSSR count). The molecule has 0 radical (unpaired) electrons. The van der Waals surface area contributed by atoms with Gasteiger partial charge in [0.05, 0.1) is 0 Å². The summed E-state index contributed by atoms with van der Waals surface area (Å²) in [6, 6.07) is 8.09. The van der Waals surface area contributed by atoms with E-state index in [0.717, 1.165) is 18.7 Å². The van der Waals surface area contributed by atoms with Gasteiger partial charge < -0.3 is 0 Å². The van der Waals surface area contributed by atoms with Crippen LogP contribution in [0.1, 0.15) is 37.8 Å². The molecule has 0 aromatic heterocycles. The van der Waals surface area contributed by atoms with E-state index in [9.17, 15) is 4.39 Å². The molecule has 2 atom stereocenters. The molecule has 0 spiro atoms. The van der Waals surface area contributed by atoms with Crippen LogP contribution in [-0.2, 0) is 0 Å². The molecule has 2 unspecified atom stereocenters. The third kappa shape index (κ3) is 2.67. The highest BCUT2D eigenvalue weighted by Gasteiger charge is 2.31. The zero-order chi connectivity index (χ0) is 13.2. The van der Waals surface area contributed by atoms with Crippen molar-refractivity contribution in [2.24, 2.45) is 0 Å². The van der Waals surface area contributed by atoms with Crippen LogP contribution >= 0.6 is 0 Å². The van der Waals surface area contributed by atoms with Crippen LogP contribution in [-0.4, -0.2) is 42.0 Å². The summed E-state index contributed by atoms with van der Waals surface area (Å²) in [5.74, 6) is -0.0671. The van der Waals surface area contributed by atoms with Crippen LogP contribution in [0.15, 0.2) is 24.3 Å². The van der Waals surface area contributed by atoms with E-state index in [-0.39, 0.29) is 11.9 Å². The maximum atomic E-state index is 13.9. The minimum absolute atomic E-state index is 0.0671. The van der Waals surface area contributed by atoms with Gasteiger partial charge in [-0.1, -0.05) is 18.2 Å². The molecule has 3 heteroatoms. The van der Waals surface area contributed by atoms with Gasteiger partial charge in [0, 0.05) is 30.7 Å². The summed E-state index contributed by atoms with van der Waals surface area (Å²) in [5, 5.41) is 0. The van der Waals surface area contributed by atoms with Crippen LogP contribution in [0.4, 0.5) is 4.39 Å². The molecule has 1 aromatic carbocycles. The average molecular weight is 262 g/mol. The molecule has 0 N–H and O–H groups in total. The second-order valence-corrected chi connectivity index (χ2v) is 5.88. The minimum atomic E-state index is -0.0671. The molecule has 0 bridgehead atoms. The van der Waals surface area contributed by atoms with Gasteiger partial charge in [0.1, 0.15) is 5.82 Å². The monoisotopic (exact) mass is 262 g/mol. The van der Waals surface area contributed by atoms with E-state index in [4.69, 9.17) is 0 Å². The highest BCUT2D eigenvalue weighted by Crippen LogP contribution is 2.28. The summed E-state index contributed by atoms with van der Waals surface area (Å²) in [5.41, 5.74) is 0.842. The van der Waals surface area contributed by atoms with E-state index in [2.05, 4.69) is 16.7 Å². The second kappa shape index (κ2) is 5.59. The molecule has 1 aromatic rings. The van der Waals surface area contributed by atoms with Gasteiger partial charge in [-0.25, -0.2) is 4.39 Å². The van der Waals surface area contributed by atoms with Gasteiger partial charge in [-0.2, -0.15) is 0 Å². The summed E-state index contributed by atoms with van der Waals surface area (Å²) in [7, 11) is 0. The number of halogens is 1. The number of benzene rings is 1. The third-order valence-electron chi connectivity index (χ3n) is 4.74. The smallest absolute Gasteiger partial charge is 0.127 e. The maximum absolute atomic E-state index is 13.9. The molecule has 2 aliphatic heterocycles. The molecule has 0 saturated carbocycles. The Morgan fingerprint density at radius 2 is 1.95 bits per heavy atom. The summed E-state index contributed by atoms with van der Waals surface area (Å²) in [6.07, 6.45) is 3.84. The molecule has 2 aliphatic rings. The first-order valence-corrected chi connectivity index (χ1v) is 7.48. The fourth-order valence-electron chi connectivity index (χ4n) is 3.60. The molecule has 0 aliphatic carbocycles. The van der Waals surface area contributed by atoms with Crippen molar-refractivity contribution in [3.8, 4) is 0 Å². The Bertz CT molecular complexity index is 435. The largest absolute Gasteiger partial charge is 0.299 e. The van der Waals surface area contributed by atoms with Crippen molar-refractivity contribution in [3.05, 3.63) is 35.6 Å². The van der Waals surface area contributed by atoms with Crippen molar-refractivity contribution in [1.82, 2.24) is 9.80 Å². The lowest BCUT2D eigenvalue weighted by Crippen LogP contribution is -2.37. The predicted octanol–water partition coefficient (Wildman–Crippen LogP) is 3.06. The Hall–Kier alpha value is -0.930. The van der Waals surface area contributed by atoms with Gasteiger partial charge >= 0.3 is 0 Å². The van der Waals surface area contributed by atoms with Gasteiger partial charge in [-0.3, -0.25) is 9.80 Å². The van der Waals surface area contributed by atoms with E-state index in [0.29, 0.717) is 6.04 Å². The van der Waals surface area contributed by atoms with Crippen molar-refractivity contribution >= 4 is 0 Å². The molecule has 2 saturated heterocycles. The van der Waals surface area contributed by atoms with Gasteiger partial charge in [0.25, 0.3) is 0 Å². The van der Waals surface area contributed by atoms with Gasteiger partial charge in [-0.15, -0.1) is 0 Å². The average Bonchev–Trinajstić information content (AvgIpc) is 2.76. The Kier molecular flexibility index (Phi) is 3.85. The SMILES string of the molecule is CC(c1ccccc1F)N1CCCN2CCCC2C1. The van der Waals surface area contributed by atoms with Crippen molar-refractivity contribution in [2.45, 2.75) is 38.3 Å². The van der Waals surface area contributed by atoms with E-state index in [1.807, 2.05) is 12.1 Å². The fraction of sp³-hybridized carbons (Fsp3) is 0.625. The highest BCUT2D eigenvalue weighted by molar-refractivity contribution is 5.20. The van der Waals surface area contributed by atoms with E-state index >= 15 is 0 Å². The van der Waals surface area contributed by atoms with Crippen LogP contribution in [0.2, 0.25) is 0 Å². The molecule has 104 valence electrons. The molecular weight excluding hydrogens is 239 g/mol. The normalized spacial score (nSPS) is 26.9. The summed E-state index contributed by atoms with van der Waals surface area (Å²) in [4.78, 5) is 5.09. The lowest BCUT2D eigenvalue weighted by Gasteiger charge is -2.31. The standard InChI is InChI=1S/C16H23FN2/c1-13(15-7-2-3-8-16(15)17)19-11-5-10-18-9-4-6-14(18)12-19/h2-3,7-8,13-14H,4-6,9-12H2,1H3. The number of hydrogen-bond acceptors (Lipinski definition) is 2. The molecule has 2 nitrogen and oxygen atoms in total. The lowest BCUT2D eigenvalue weighted by atomic mass is 10.1. The van der Waals surface area contributed by atoms with Crippen LogP contribution in [0.3, 0.4) is 0 Å². The number of hydrogen-bond donors (Lipinski definition) is 0. The first kappa shape index (κ1) is 13.1. The number of rotatable bonds is 2. The van der Waals surface area contributed by atoms with Crippen LogP contribution in [0, 0.1) is 5.82 Å². The Labute approximate surface area is 115 Å². The first-order valence-electron chi connectivity index (χ1n) is 7.48. The lowest BCUT2D eigenvalue weighted by molar-refractivity contribution is 0.180. The number of nitrogens with zero attached hydrogens (tertiary/aromatic N) is 2. The van der Waals surface area contributed by atoms with Gasteiger partial charge in [0.2, 0.25) is 0 Å². The molecule has 2 heterocycles. The van der Waals surface area contributed by atoms with Crippen molar-refractivity contribution in [2.75, 3.05) is 26.2 Å². The second-order valence-electron chi connectivity index (χ2n) is 5.88. The van der Waals surface area contributed by atoms with E-state index in [1.54, 1.807) is 12.1 Å². The van der Waals surface area contributed by atoms with E-state index < -0.39 is 0 Å². The molecular formula is C16H23FN2. The minimum Gasteiger partial charge on any atom is -0.299 e. The van der Waals surface area contributed by atoms with Crippen molar-refractivity contribution in [1.29, 1.82) is 0 Å². The molecule has 0 amide bonds. The first-order chi connectivity index (χ1) is 9.25. The van der Waals surface area contributed by atoms with Crippen molar-refractivity contribution in [3.63, 3.8) is 0 Å². The Morgan fingerprint density at radius 3 is 2.79 bits per heavy atom. The molecule has 19 heavy (non-hydrogen) atoms. The molecule has 2 fully saturated rings. The van der Waals surface area contributed by atoms with Crippen LogP contribution in [0.5, 0.6) is 0 Å².